The molecule has 1 atom stereocenters. The fourth-order valence-corrected chi connectivity index (χ4v) is 4.46. The quantitative estimate of drug-likeness (QED) is 0.926. The molecule has 0 aromatic carbocycles. The van der Waals surface area contributed by atoms with E-state index < -0.39 is 0 Å². The summed E-state index contributed by atoms with van der Waals surface area (Å²) in [5, 5.41) is 4.85. The molecule has 1 aromatic heterocycles. The minimum atomic E-state index is -0.0925. The van der Waals surface area contributed by atoms with Gasteiger partial charge < -0.3 is 10.2 Å². The molecule has 19 heavy (non-hydrogen) atoms. The van der Waals surface area contributed by atoms with Gasteiger partial charge in [0.15, 0.2) is 0 Å². The molecule has 1 fully saturated rings. The Balaban J connectivity index is 2.10. The highest BCUT2D eigenvalue weighted by Gasteiger charge is 2.35. The third kappa shape index (κ3) is 3.30. The van der Waals surface area contributed by atoms with E-state index in [2.05, 4.69) is 11.4 Å². The van der Waals surface area contributed by atoms with Crippen LogP contribution in [0, 0.1) is 6.92 Å². The predicted octanol–water partition coefficient (Wildman–Crippen LogP) is 2.16. The maximum absolute atomic E-state index is 11.9. The summed E-state index contributed by atoms with van der Waals surface area (Å²) in [6.07, 6.45) is 0. The maximum atomic E-state index is 11.9. The van der Waals surface area contributed by atoms with Crippen molar-refractivity contribution in [1.29, 1.82) is 0 Å². The standard InChI is InChI=1S/C13H18N2O2S2/c1-8(2)14-10(16)6-15-11(17)7-19-13(15)12-9(3)4-5-18-12/h4-5,8,13H,6-7H2,1-3H3,(H,14,16). The second-order valence-corrected chi connectivity index (χ2v) is 6.89. The van der Waals surface area contributed by atoms with Gasteiger partial charge in [-0.1, -0.05) is 0 Å². The topological polar surface area (TPSA) is 49.4 Å². The van der Waals surface area contributed by atoms with E-state index in [0.29, 0.717) is 5.75 Å². The van der Waals surface area contributed by atoms with Crippen molar-refractivity contribution in [2.24, 2.45) is 0 Å². The Morgan fingerprint density at radius 3 is 2.89 bits per heavy atom. The number of hydrogen-bond acceptors (Lipinski definition) is 4. The SMILES string of the molecule is Cc1ccsc1C1SCC(=O)N1CC(=O)NC(C)C. The van der Waals surface area contributed by atoms with E-state index in [1.807, 2.05) is 26.2 Å². The van der Waals surface area contributed by atoms with Crippen LogP contribution in [-0.4, -0.2) is 35.1 Å². The van der Waals surface area contributed by atoms with Crippen LogP contribution in [0.15, 0.2) is 11.4 Å². The lowest BCUT2D eigenvalue weighted by Crippen LogP contribution is -2.41. The van der Waals surface area contributed by atoms with Crippen LogP contribution in [0.2, 0.25) is 0 Å². The Morgan fingerprint density at radius 1 is 1.58 bits per heavy atom. The molecule has 2 amide bonds. The molecule has 1 aliphatic heterocycles. The number of carbonyl (C=O) groups is 2. The first kappa shape index (κ1) is 14.4. The molecule has 2 heterocycles. The average Bonchev–Trinajstić information content (AvgIpc) is 2.86. The Bertz CT molecular complexity index is 485. The Morgan fingerprint density at radius 2 is 2.32 bits per heavy atom. The average molecular weight is 298 g/mol. The molecular formula is C13H18N2O2S2. The second-order valence-electron chi connectivity index (χ2n) is 4.88. The van der Waals surface area contributed by atoms with Gasteiger partial charge in [-0.2, -0.15) is 0 Å². The van der Waals surface area contributed by atoms with E-state index in [1.54, 1.807) is 28.0 Å². The second kappa shape index (κ2) is 5.96. The normalized spacial score (nSPS) is 19.3. The van der Waals surface area contributed by atoms with Crippen molar-refractivity contribution in [2.45, 2.75) is 32.2 Å². The van der Waals surface area contributed by atoms with Gasteiger partial charge in [-0.25, -0.2) is 0 Å². The lowest BCUT2D eigenvalue weighted by atomic mass is 10.2. The van der Waals surface area contributed by atoms with Crippen molar-refractivity contribution in [3.05, 3.63) is 21.9 Å². The van der Waals surface area contributed by atoms with Crippen LogP contribution in [0.25, 0.3) is 0 Å². The molecule has 1 aromatic rings. The summed E-state index contributed by atoms with van der Waals surface area (Å²) in [5.74, 6) is 0.406. The number of nitrogens with zero attached hydrogens (tertiary/aromatic N) is 1. The number of carbonyl (C=O) groups excluding carboxylic acids is 2. The van der Waals surface area contributed by atoms with E-state index in [9.17, 15) is 9.59 Å². The third-order valence-electron chi connectivity index (χ3n) is 2.86. The number of nitrogens with one attached hydrogen (secondary N) is 1. The number of amides is 2. The van der Waals surface area contributed by atoms with Crippen molar-refractivity contribution < 1.29 is 9.59 Å². The highest BCUT2D eigenvalue weighted by atomic mass is 32.2. The van der Waals surface area contributed by atoms with Gasteiger partial charge in [0.2, 0.25) is 11.8 Å². The van der Waals surface area contributed by atoms with Gasteiger partial charge >= 0.3 is 0 Å². The Kier molecular flexibility index (Phi) is 4.52. The molecule has 1 unspecified atom stereocenters. The highest BCUT2D eigenvalue weighted by molar-refractivity contribution is 8.00. The van der Waals surface area contributed by atoms with Crippen molar-refractivity contribution in [3.63, 3.8) is 0 Å². The van der Waals surface area contributed by atoms with Gasteiger partial charge in [0, 0.05) is 10.9 Å². The molecule has 1 saturated heterocycles. The van der Waals surface area contributed by atoms with Crippen LogP contribution < -0.4 is 5.32 Å². The molecule has 0 radical (unpaired) electrons. The van der Waals surface area contributed by atoms with Crippen LogP contribution in [0.1, 0.15) is 29.7 Å². The molecule has 1 N–H and O–H groups in total. The van der Waals surface area contributed by atoms with E-state index >= 15 is 0 Å². The van der Waals surface area contributed by atoms with Crippen molar-refractivity contribution in [3.8, 4) is 0 Å². The van der Waals surface area contributed by atoms with Gasteiger partial charge in [-0.3, -0.25) is 9.59 Å². The molecule has 2 rings (SSSR count). The predicted molar refractivity (Wildman–Crippen MR) is 79.2 cm³/mol. The lowest BCUT2D eigenvalue weighted by molar-refractivity contribution is -0.134. The minimum absolute atomic E-state index is 0.00888. The number of aryl methyl sites for hydroxylation is 1. The van der Waals surface area contributed by atoms with Crippen molar-refractivity contribution >= 4 is 34.9 Å². The third-order valence-corrected chi connectivity index (χ3v) is 5.30. The Hall–Kier alpha value is -1.01. The van der Waals surface area contributed by atoms with E-state index in [0.717, 1.165) is 0 Å². The summed E-state index contributed by atoms with van der Waals surface area (Å²) in [6.45, 7) is 6.02. The van der Waals surface area contributed by atoms with Crippen LogP contribution in [-0.2, 0) is 9.59 Å². The number of thioether (sulfide) groups is 1. The molecule has 0 spiro atoms. The zero-order chi connectivity index (χ0) is 14.0. The lowest BCUT2D eigenvalue weighted by Gasteiger charge is -2.23. The zero-order valence-electron chi connectivity index (χ0n) is 11.3. The summed E-state index contributed by atoms with van der Waals surface area (Å²) < 4.78 is 0. The molecule has 1 aliphatic rings. The number of thiophene rings is 1. The van der Waals surface area contributed by atoms with E-state index in [4.69, 9.17) is 0 Å². The minimum Gasteiger partial charge on any atom is -0.352 e. The van der Waals surface area contributed by atoms with Gasteiger partial charge in [-0.15, -0.1) is 23.1 Å². The van der Waals surface area contributed by atoms with Crippen molar-refractivity contribution in [1.82, 2.24) is 10.2 Å². The van der Waals surface area contributed by atoms with Gasteiger partial charge in [0.25, 0.3) is 0 Å². The summed E-state index contributed by atoms with van der Waals surface area (Å²) in [5.41, 5.74) is 1.19. The van der Waals surface area contributed by atoms with E-state index in [-0.39, 0.29) is 29.8 Å². The van der Waals surface area contributed by atoms with Crippen molar-refractivity contribution in [2.75, 3.05) is 12.3 Å². The van der Waals surface area contributed by atoms with E-state index in [1.165, 1.54) is 10.4 Å². The first-order chi connectivity index (χ1) is 8.99. The van der Waals surface area contributed by atoms with Crippen LogP contribution in [0.5, 0.6) is 0 Å². The fraction of sp³-hybridized carbons (Fsp3) is 0.538. The zero-order valence-corrected chi connectivity index (χ0v) is 12.9. The summed E-state index contributed by atoms with van der Waals surface area (Å²) >= 11 is 3.25. The molecule has 0 aliphatic carbocycles. The molecule has 104 valence electrons. The van der Waals surface area contributed by atoms with Crippen LogP contribution in [0.3, 0.4) is 0 Å². The molecular weight excluding hydrogens is 280 g/mol. The summed E-state index contributed by atoms with van der Waals surface area (Å²) in [4.78, 5) is 26.6. The molecule has 0 saturated carbocycles. The van der Waals surface area contributed by atoms with Gasteiger partial charge in [-0.05, 0) is 37.8 Å². The smallest absolute Gasteiger partial charge is 0.239 e. The fourth-order valence-electron chi connectivity index (χ4n) is 2.00. The van der Waals surface area contributed by atoms with Gasteiger partial charge in [0.1, 0.15) is 11.9 Å². The molecule has 4 nitrogen and oxygen atoms in total. The maximum Gasteiger partial charge on any atom is 0.239 e. The number of hydrogen-bond donors (Lipinski definition) is 1. The highest BCUT2D eigenvalue weighted by Crippen LogP contribution is 2.41. The Labute approximate surface area is 121 Å². The first-order valence-electron chi connectivity index (χ1n) is 6.23. The summed E-state index contributed by atoms with van der Waals surface area (Å²) in [6, 6.07) is 2.15. The number of rotatable bonds is 4. The molecule has 6 heteroatoms. The molecule has 0 bridgehead atoms. The first-order valence-corrected chi connectivity index (χ1v) is 8.16. The largest absolute Gasteiger partial charge is 0.352 e. The summed E-state index contributed by atoms with van der Waals surface area (Å²) in [7, 11) is 0. The van der Waals surface area contributed by atoms with Gasteiger partial charge in [0.05, 0.1) is 5.75 Å². The van der Waals surface area contributed by atoms with Crippen LogP contribution >= 0.6 is 23.1 Å². The van der Waals surface area contributed by atoms with Crippen LogP contribution in [0.4, 0.5) is 0 Å². The monoisotopic (exact) mass is 298 g/mol.